The Morgan fingerprint density at radius 3 is 2.47 bits per heavy atom. The van der Waals surface area contributed by atoms with E-state index < -0.39 is 0 Å². The first-order valence-corrected chi connectivity index (χ1v) is 5.16. The molecule has 2 aromatic heterocycles. The molecular formula is C11H16BFN2. The molecule has 0 spiro atoms. The second-order valence-corrected chi connectivity index (χ2v) is 2.27. The van der Waals surface area contributed by atoms with Gasteiger partial charge in [0.15, 0.2) is 0 Å². The lowest BCUT2D eigenvalue weighted by Crippen LogP contribution is -2.08. The van der Waals surface area contributed by atoms with Gasteiger partial charge >= 0.3 is 0 Å². The maximum atomic E-state index is 12.6. The van der Waals surface area contributed by atoms with Crippen molar-refractivity contribution in [1.29, 1.82) is 0 Å². The van der Waals surface area contributed by atoms with E-state index in [-0.39, 0.29) is 5.82 Å². The standard InChI is InChI=1S/C7H4BFN2.2C2H6/c8-6-3-5(9)4-11-7(6)1-2-10-11;2*1-2/h1-4H;2*1-2H3. The Hall–Kier alpha value is -1.32. The molecule has 2 rings (SSSR count). The molecule has 0 aliphatic carbocycles. The normalized spacial score (nSPS) is 8.60. The number of nitrogens with zero attached hydrogens (tertiary/aromatic N) is 2. The van der Waals surface area contributed by atoms with Crippen molar-refractivity contribution in [3.8, 4) is 0 Å². The molecule has 0 saturated heterocycles. The molecule has 2 heterocycles. The van der Waals surface area contributed by atoms with Gasteiger partial charge in [0.25, 0.3) is 0 Å². The van der Waals surface area contributed by atoms with Gasteiger partial charge in [0.1, 0.15) is 13.7 Å². The first-order chi connectivity index (χ1) is 7.27. The zero-order valence-electron chi connectivity index (χ0n) is 9.66. The van der Waals surface area contributed by atoms with Crippen molar-refractivity contribution in [3.05, 3.63) is 30.3 Å². The summed E-state index contributed by atoms with van der Waals surface area (Å²) in [4.78, 5) is 0. The van der Waals surface area contributed by atoms with Crippen LogP contribution in [0.1, 0.15) is 27.7 Å². The molecule has 0 unspecified atom stereocenters. The van der Waals surface area contributed by atoms with Crippen LogP contribution in [0, 0.1) is 5.82 Å². The maximum Gasteiger partial charge on any atom is 0.140 e. The fourth-order valence-corrected chi connectivity index (χ4v) is 1.02. The van der Waals surface area contributed by atoms with Crippen molar-refractivity contribution in [1.82, 2.24) is 9.61 Å². The van der Waals surface area contributed by atoms with Crippen LogP contribution >= 0.6 is 0 Å². The van der Waals surface area contributed by atoms with Crippen LogP contribution in [0.5, 0.6) is 0 Å². The zero-order valence-corrected chi connectivity index (χ0v) is 9.66. The van der Waals surface area contributed by atoms with Crippen molar-refractivity contribution in [2.24, 2.45) is 0 Å². The van der Waals surface area contributed by atoms with E-state index >= 15 is 0 Å². The number of aromatic nitrogens is 2. The van der Waals surface area contributed by atoms with Crippen molar-refractivity contribution in [2.45, 2.75) is 27.7 Å². The number of fused-ring (bicyclic) bond motifs is 1. The van der Waals surface area contributed by atoms with Gasteiger partial charge in [0.05, 0.1) is 11.7 Å². The number of rotatable bonds is 0. The molecule has 0 saturated carbocycles. The number of halogens is 1. The highest BCUT2D eigenvalue weighted by Crippen LogP contribution is 1.99. The summed E-state index contributed by atoms with van der Waals surface area (Å²) in [6, 6.07) is 3.01. The molecule has 2 radical (unpaired) electrons. The van der Waals surface area contributed by atoms with Crippen molar-refractivity contribution in [3.63, 3.8) is 0 Å². The Bertz CT molecular complexity index is 398. The van der Waals surface area contributed by atoms with E-state index in [0.717, 1.165) is 5.52 Å². The van der Waals surface area contributed by atoms with E-state index in [2.05, 4.69) is 5.10 Å². The van der Waals surface area contributed by atoms with Crippen molar-refractivity contribution < 1.29 is 4.39 Å². The largest absolute Gasteiger partial charge is 0.239 e. The molecule has 2 nitrogen and oxygen atoms in total. The van der Waals surface area contributed by atoms with Crippen LogP contribution in [0.4, 0.5) is 4.39 Å². The average Bonchev–Trinajstić information content (AvgIpc) is 2.72. The fourth-order valence-electron chi connectivity index (χ4n) is 1.02. The third-order valence-corrected chi connectivity index (χ3v) is 1.51. The van der Waals surface area contributed by atoms with Crippen molar-refractivity contribution >= 4 is 18.8 Å². The molecule has 0 atom stereocenters. The first-order valence-electron chi connectivity index (χ1n) is 5.16. The molecule has 0 aliphatic rings. The number of hydrogen-bond acceptors (Lipinski definition) is 1. The van der Waals surface area contributed by atoms with Crippen molar-refractivity contribution in [2.75, 3.05) is 0 Å². The summed E-state index contributed by atoms with van der Waals surface area (Å²) >= 11 is 0. The smallest absolute Gasteiger partial charge is 0.140 e. The predicted molar refractivity (Wildman–Crippen MR) is 63.2 cm³/mol. The molecule has 80 valence electrons. The van der Waals surface area contributed by atoms with Gasteiger partial charge in [-0.2, -0.15) is 5.10 Å². The van der Waals surface area contributed by atoms with Crippen LogP contribution in [-0.2, 0) is 0 Å². The Labute approximate surface area is 91.5 Å². The Balaban J connectivity index is 0.000000442. The molecule has 0 fully saturated rings. The minimum Gasteiger partial charge on any atom is -0.239 e. The number of pyridine rings is 1. The summed E-state index contributed by atoms with van der Waals surface area (Å²) in [7, 11) is 5.50. The number of hydrogen-bond donors (Lipinski definition) is 0. The third-order valence-electron chi connectivity index (χ3n) is 1.51. The minimum absolute atomic E-state index is 0.376. The zero-order chi connectivity index (χ0) is 11.8. The molecule has 0 aromatic carbocycles. The predicted octanol–water partition coefficient (Wildman–Crippen LogP) is 2.32. The van der Waals surface area contributed by atoms with Crippen LogP contribution in [0.15, 0.2) is 24.5 Å². The van der Waals surface area contributed by atoms with E-state index in [9.17, 15) is 4.39 Å². The van der Waals surface area contributed by atoms with Gasteiger partial charge in [0.2, 0.25) is 0 Å². The van der Waals surface area contributed by atoms with Gasteiger partial charge in [-0.1, -0.05) is 33.2 Å². The lowest BCUT2D eigenvalue weighted by atomic mass is 9.96. The molecule has 0 N–H and O–H groups in total. The van der Waals surface area contributed by atoms with Crippen LogP contribution < -0.4 is 5.46 Å². The molecule has 15 heavy (non-hydrogen) atoms. The first kappa shape index (κ1) is 13.7. The lowest BCUT2D eigenvalue weighted by molar-refractivity contribution is 0.616. The Morgan fingerprint density at radius 1 is 1.27 bits per heavy atom. The second-order valence-electron chi connectivity index (χ2n) is 2.27. The topological polar surface area (TPSA) is 17.3 Å². The van der Waals surface area contributed by atoms with Crippen LogP contribution in [0.2, 0.25) is 0 Å². The summed E-state index contributed by atoms with van der Waals surface area (Å²) in [5.41, 5.74) is 1.13. The highest BCUT2D eigenvalue weighted by atomic mass is 19.1. The van der Waals surface area contributed by atoms with E-state index in [1.54, 1.807) is 12.3 Å². The molecule has 0 bridgehead atoms. The van der Waals surface area contributed by atoms with Gasteiger partial charge in [-0.05, 0) is 12.1 Å². The molecule has 0 amide bonds. The maximum absolute atomic E-state index is 12.6. The molecule has 0 aliphatic heterocycles. The molecule has 2 aromatic rings. The van der Waals surface area contributed by atoms with Crippen LogP contribution in [0.3, 0.4) is 0 Å². The average molecular weight is 206 g/mol. The second kappa shape index (κ2) is 7.04. The summed E-state index contributed by atoms with van der Waals surface area (Å²) in [6.45, 7) is 8.00. The van der Waals surface area contributed by atoms with E-state index in [1.165, 1.54) is 16.8 Å². The van der Waals surface area contributed by atoms with Crippen LogP contribution in [0.25, 0.3) is 5.52 Å². The summed E-state index contributed by atoms with van der Waals surface area (Å²) in [5, 5.41) is 3.84. The minimum atomic E-state index is -0.376. The summed E-state index contributed by atoms with van der Waals surface area (Å²) in [5.74, 6) is -0.376. The lowest BCUT2D eigenvalue weighted by Gasteiger charge is -1.97. The van der Waals surface area contributed by atoms with E-state index in [4.69, 9.17) is 7.85 Å². The summed E-state index contributed by atoms with van der Waals surface area (Å²) < 4.78 is 14.0. The fraction of sp³-hybridized carbons (Fsp3) is 0.364. The van der Waals surface area contributed by atoms with Gasteiger partial charge in [-0.15, -0.1) is 0 Å². The van der Waals surface area contributed by atoms with Gasteiger partial charge in [-0.3, -0.25) is 0 Å². The monoisotopic (exact) mass is 206 g/mol. The molecular weight excluding hydrogens is 190 g/mol. The summed E-state index contributed by atoms with van der Waals surface area (Å²) in [6.07, 6.45) is 2.86. The highest BCUT2D eigenvalue weighted by Gasteiger charge is 1.98. The van der Waals surface area contributed by atoms with Crippen LogP contribution in [-0.4, -0.2) is 17.5 Å². The third kappa shape index (κ3) is 3.38. The van der Waals surface area contributed by atoms with Gasteiger partial charge in [-0.25, -0.2) is 8.91 Å². The highest BCUT2D eigenvalue weighted by molar-refractivity contribution is 6.36. The van der Waals surface area contributed by atoms with Gasteiger partial charge in [0, 0.05) is 6.20 Å². The SMILES string of the molecule is CC.CC.[B]c1cc(F)cn2nccc12. The van der Waals surface area contributed by atoms with Gasteiger partial charge < -0.3 is 0 Å². The Morgan fingerprint density at radius 2 is 1.87 bits per heavy atom. The molecule has 4 heteroatoms. The van der Waals surface area contributed by atoms with E-state index in [0.29, 0.717) is 5.46 Å². The van der Waals surface area contributed by atoms with E-state index in [1.807, 2.05) is 27.7 Å². The quantitative estimate of drug-likeness (QED) is 0.604. The Kier molecular flexibility index (Phi) is 6.42.